The maximum atomic E-state index is 3.12. The largest absolute Gasteiger partial charge is 0.261 e. The van der Waals surface area contributed by atoms with Crippen LogP contribution in [0.5, 0.6) is 0 Å². The molecule has 1 atom stereocenters. The molecular formula is C8H18N2. The van der Waals surface area contributed by atoms with E-state index in [1.807, 2.05) is 7.05 Å². The van der Waals surface area contributed by atoms with E-state index in [1.54, 1.807) is 0 Å². The van der Waals surface area contributed by atoms with Crippen molar-refractivity contribution >= 4 is 0 Å². The fraction of sp³-hybridized carbons (Fsp3) is 0.750. The molecule has 0 aliphatic rings. The van der Waals surface area contributed by atoms with Gasteiger partial charge in [0.05, 0.1) is 0 Å². The zero-order valence-electron chi connectivity index (χ0n) is 7.15. The van der Waals surface area contributed by atoms with E-state index < -0.39 is 0 Å². The topological polar surface area (TPSA) is 24.1 Å². The Kier molecular flexibility index (Phi) is 6.55. The van der Waals surface area contributed by atoms with E-state index in [0.29, 0.717) is 6.04 Å². The first kappa shape index (κ1) is 9.66. The van der Waals surface area contributed by atoms with E-state index >= 15 is 0 Å². The molecule has 10 heavy (non-hydrogen) atoms. The van der Waals surface area contributed by atoms with Crippen LogP contribution >= 0.6 is 0 Å². The summed E-state index contributed by atoms with van der Waals surface area (Å²) in [6.45, 7) is 4.22. The average molecular weight is 142 g/mol. The predicted molar refractivity (Wildman–Crippen MR) is 45.7 cm³/mol. The quantitative estimate of drug-likeness (QED) is 0.448. The third kappa shape index (κ3) is 5.79. The lowest BCUT2D eigenvalue weighted by molar-refractivity contribution is 0.465. The number of hydrazine groups is 1. The predicted octanol–water partition coefficient (Wildman–Crippen LogP) is 1.46. The molecule has 2 N–H and O–H groups in total. The van der Waals surface area contributed by atoms with Gasteiger partial charge in [-0.25, -0.2) is 0 Å². The fourth-order valence-electron chi connectivity index (χ4n) is 0.831. The molecule has 0 aromatic rings. The Morgan fingerprint density at radius 1 is 1.50 bits per heavy atom. The molecule has 0 unspecified atom stereocenters. The molecule has 0 radical (unpaired) electrons. The summed E-state index contributed by atoms with van der Waals surface area (Å²) in [6.07, 6.45) is 6.62. The van der Waals surface area contributed by atoms with E-state index in [1.165, 1.54) is 6.42 Å². The summed E-state index contributed by atoms with van der Waals surface area (Å²) < 4.78 is 0. The van der Waals surface area contributed by atoms with Crippen molar-refractivity contribution in [1.29, 1.82) is 0 Å². The van der Waals surface area contributed by atoms with Crippen LogP contribution in [0.1, 0.15) is 26.7 Å². The molecule has 60 valence electrons. The van der Waals surface area contributed by atoms with Crippen molar-refractivity contribution in [2.75, 3.05) is 7.05 Å². The molecule has 0 spiro atoms. The number of allylic oxidation sites excluding steroid dienone is 2. The summed E-state index contributed by atoms with van der Waals surface area (Å²) in [4.78, 5) is 0. The summed E-state index contributed by atoms with van der Waals surface area (Å²) in [7, 11) is 1.90. The molecule has 0 aliphatic carbocycles. The molecule has 0 aliphatic heterocycles. The van der Waals surface area contributed by atoms with Gasteiger partial charge in [-0.1, -0.05) is 12.2 Å². The Morgan fingerprint density at radius 3 is 2.70 bits per heavy atom. The molecule has 0 amide bonds. The van der Waals surface area contributed by atoms with Gasteiger partial charge in [-0.05, 0) is 33.7 Å². The Balaban J connectivity index is 3.12. The summed E-state index contributed by atoms with van der Waals surface area (Å²) in [5.74, 6) is 0. The minimum absolute atomic E-state index is 0.557. The Morgan fingerprint density at radius 2 is 2.20 bits per heavy atom. The van der Waals surface area contributed by atoms with Crippen molar-refractivity contribution in [1.82, 2.24) is 10.9 Å². The van der Waals surface area contributed by atoms with Gasteiger partial charge < -0.3 is 0 Å². The van der Waals surface area contributed by atoms with Gasteiger partial charge in [0.2, 0.25) is 0 Å². The van der Waals surface area contributed by atoms with E-state index in [0.717, 1.165) is 6.42 Å². The molecule has 0 aromatic heterocycles. The fourth-order valence-corrected chi connectivity index (χ4v) is 0.831. The normalized spacial score (nSPS) is 14.3. The van der Waals surface area contributed by atoms with Crippen molar-refractivity contribution in [3.63, 3.8) is 0 Å². The highest BCUT2D eigenvalue weighted by Gasteiger charge is 1.95. The van der Waals surface area contributed by atoms with Gasteiger partial charge in [0, 0.05) is 6.04 Å². The Bertz CT molecular complexity index is 89.3. The number of rotatable bonds is 5. The van der Waals surface area contributed by atoms with Crippen LogP contribution in [0, 0.1) is 0 Å². The molecule has 0 saturated carbocycles. The molecule has 0 aromatic carbocycles. The number of hydrogen-bond donors (Lipinski definition) is 2. The smallest absolute Gasteiger partial charge is 0.0187 e. The van der Waals surface area contributed by atoms with Crippen molar-refractivity contribution < 1.29 is 0 Å². The molecule has 0 saturated heterocycles. The lowest BCUT2D eigenvalue weighted by Crippen LogP contribution is -2.35. The highest BCUT2D eigenvalue weighted by atomic mass is 15.3. The van der Waals surface area contributed by atoms with Crippen LogP contribution < -0.4 is 10.9 Å². The van der Waals surface area contributed by atoms with Crippen LogP contribution in [-0.4, -0.2) is 13.1 Å². The zero-order valence-corrected chi connectivity index (χ0v) is 7.15. The van der Waals surface area contributed by atoms with Crippen LogP contribution in [0.3, 0.4) is 0 Å². The first-order valence-electron chi connectivity index (χ1n) is 3.84. The van der Waals surface area contributed by atoms with E-state index in [9.17, 15) is 0 Å². The second-order valence-electron chi connectivity index (χ2n) is 2.44. The molecule has 0 fully saturated rings. The number of hydrogen-bond acceptors (Lipinski definition) is 2. The summed E-state index contributed by atoms with van der Waals surface area (Å²) in [5.41, 5.74) is 6.04. The van der Waals surface area contributed by atoms with E-state index in [4.69, 9.17) is 0 Å². The van der Waals surface area contributed by atoms with Crippen LogP contribution in [-0.2, 0) is 0 Å². The third-order valence-electron chi connectivity index (χ3n) is 1.39. The second-order valence-corrected chi connectivity index (χ2v) is 2.44. The Labute approximate surface area is 63.7 Å². The second kappa shape index (κ2) is 6.78. The first-order chi connectivity index (χ1) is 4.81. The van der Waals surface area contributed by atoms with Crippen molar-refractivity contribution in [3.05, 3.63) is 12.2 Å². The maximum Gasteiger partial charge on any atom is 0.0187 e. The van der Waals surface area contributed by atoms with Crippen LogP contribution in [0.4, 0.5) is 0 Å². The minimum Gasteiger partial charge on any atom is -0.261 e. The lowest BCUT2D eigenvalue weighted by atomic mass is 10.2. The molecular weight excluding hydrogens is 124 g/mol. The summed E-state index contributed by atoms with van der Waals surface area (Å²) in [6, 6.07) is 0.557. The standard InChI is InChI=1S/C8H18N2/c1-4-5-6-7-8(2)10-9-3/h4-5,8-10H,6-7H2,1-3H3/b5-4+/t8-/m0/s1. The van der Waals surface area contributed by atoms with Gasteiger partial charge >= 0.3 is 0 Å². The van der Waals surface area contributed by atoms with Crippen molar-refractivity contribution in [2.24, 2.45) is 0 Å². The first-order valence-corrected chi connectivity index (χ1v) is 3.84. The summed E-state index contributed by atoms with van der Waals surface area (Å²) in [5, 5.41) is 0. The van der Waals surface area contributed by atoms with Gasteiger partial charge in [-0.3, -0.25) is 10.9 Å². The van der Waals surface area contributed by atoms with Crippen LogP contribution in [0.25, 0.3) is 0 Å². The van der Waals surface area contributed by atoms with Crippen LogP contribution in [0.15, 0.2) is 12.2 Å². The number of nitrogens with one attached hydrogen (secondary N) is 2. The minimum atomic E-state index is 0.557. The zero-order chi connectivity index (χ0) is 7.82. The summed E-state index contributed by atoms with van der Waals surface area (Å²) >= 11 is 0. The van der Waals surface area contributed by atoms with Crippen LogP contribution in [0.2, 0.25) is 0 Å². The van der Waals surface area contributed by atoms with Gasteiger partial charge in [-0.2, -0.15) is 0 Å². The maximum absolute atomic E-state index is 3.12. The SMILES string of the molecule is C/C=C/CC[C@H](C)NNC. The average Bonchev–Trinajstić information content (AvgIpc) is 1.89. The van der Waals surface area contributed by atoms with Gasteiger partial charge in [0.25, 0.3) is 0 Å². The molecule has 2 nitrogen and oxygen atoms in total. The van der Waals surface area contributed by atoms with Crippen molar-refractivity contribution in [3.8, 4) is 0 Å². The van der Waals surface area contributed by atoms with Gasteiger partial charge in [0.15, 0.2) is 0 Å². The monoisotopic (exact) mass is 142 g/mol. The highest BCUT2D eigenvalue weighted by molar-refractivity contribution is 4.78. The molecule has 2 heteroatoms. The molecule has 0 heterocycles. The van der Waals surface area contributed by atoms with Gasteiger partial charge in [-0.15, -0.1) is 0 Å². The third-order valence-corrected chi connectivity index (χ3v) is 1.39. The Hall–Kier alpha value is -0.340. The van der Waals surface area contributed by atoms with E-state index in [-0.39, 0.29) is 0 Å². The van der Waals surface area contributed by atoms with Crippen molar-refractivity contribution in [2.45, 2.75) is 32.7 Å². The van der Waals surface area contributed by atoms with Gasteiger partial charge in [0.1, 0.15) is 0 Å². The lowest BCUT2D eigenvalue weighted by Gasteiger charge is -2.10. The van der Waals surface area contributed by atoms with E-state index in [2.05, 4.69) is 36.9 Å². The molecule has 0 bridgehead atoms. The molecule has 0 rings (SSSR count). The highest BCUT2D eigenvalue weighted by Crippen LogP contribution is 1.95.